The van der Waals surface area contributed by atoms with E-state index in [0.717, 1.165) is 56.4 Å². The maximum absolute atomic E-state index is 13.4. The van der Waals surface area contributed by atoms with E-state index in [0.29, 0.717) is 43.1 Å². The standard InChI is InChI=1S/C36H45NO8/c1-41-35(39)27-11-8-12-29(24-27)37-34(38)32-25-28(36(40)42-2)17-20-33(32)45-23-9-10-26-15-18-31(19-16-26)44-22-7-6-21-43-30-13-4-3-5-14-30/h3-5,13-20,25,27,29,36,40H,6-12,21-24H2,1-2H3,(H,37,38)/p+1. The van der Waals surface area contributed by atoms with E-state index in [1.165, 1.54) is 19.8 Å². The van der Waals surface area contributed by atoms with Crippen LogP contribution in [0.25, 0.3) is 0 Å². The quantitative estimate of drug-likeness (QED) is 0.0822. The normalized spacial score (nSPS) is 16.8. The Bertz CT molecular complexity index is 1330. The Labute approximate surface area is 265 Å². The number of rotatable bonds is 17. The number of benzene rings is 3. The lowest BCUT2D eigenvalue weighted by molar-refractivity contribution is -0.0769. The van der Waals surface area contributed by atoms with Crippen molar-refractivity contribution in [3.8, 4) is 17.2 Å². The minimum absolute atomic E-state index is 0.00560. The van der Waals surface area contributed by atoms with Gasteiger partial charge in [0.15, 0.2) is 13.4 Å². The smallest absolute Gasteiger partial charge is 0.485 e. The molecule has 9 nitrogen and oxygen atoms in total. The third kappa shape index (κ3) is 10.8. The van der Waals surface area contributed by atoms with Crippen molar-refractivity contribution in [2.75, 3.05) is 34.0 Å². The Balaban J connectivity index is 1.22. The predicted octanol–water partition coefficient (Wildman–Crippen LogP) is 6.01. The van der Waals surface area contributed by atoms with Crippen LogP contribution in [0.15, 0.2) is 72.8 Å². The zero-order chi connectivity index (χ0) is 31.9. The summed E-state index contributed by atoms with van der Waals surface area (Å²) in [5.74, 6) is 1.77. The van der Waals surface area contributed by atoms with Crippen molar-refractivity contribution in [3.05, 3.63) is 89.5 Å². The van der Waals surface area contributed by atoms with Crippen LogP contribution in [0, 0.1) is 5.92 Å². The first-order valence-corrected chi connectivity index (χ1v) is 15.7. The summed E-state index contributed by atoms with van der Waals surface area (Å²) in [6, 6.07) is 22.8. The number of hydrogen-bond donors (Lipinski definition) is 2. The molecule has 242 valence electrons. The van der Waals surface area contributed by atoms with E-state index < -0.39 is 6.29 Å². The molecule has 0 aromatic heterocycles. The molecular formula is C36H46NO8+. The second kappa shape index (κ2) is 18.0. The average molecular weight is 621 g/mol. The molecule has 0 aliphatic heterocycles. The van der Waals surface area contributed by atoms with Crippen LogP contribution >= 0.6 is 0 Å². The minimum Gasteiger partial charge on any atom is -0.494 e. The highest BCUT2D eigenvalue weighted by molar-refractivity contribution is 5.97. The lowest BCUT2D eigenvalue weighted by Gasteiger charge is -2.26. The van der Waals surface area contributed by atoms with Crippen molar-refractivity contribution in [2.45, 2.75) is 63.7 Å². The van der Waals surface area contributed by atoms with Crippen LogP contribution < -0.4 is 19.5 Å². The van der Waals surface area contributed by atoms with Gasteiger partial charge in [-0.15, -0.1) is 0 Å². The van der Waals surface area contributed by atoms with Gasteiger partial charge >= 0.3 is 5.97 Å². The van der Waals surface area contributed by atoms with Gasteiger partial charge in [-0.05, 0) is 86.9 Å². The van der Waals surface area contributed by atoms with Crippen LogP contribution in [-0.2, 0) is 15.9 Å². The highest BCUT2D eigenvalue weighted by Gasteiger charge is 2.33. The summed E-state index contributed by atoms with van der Waals surface area (Å²) in [7, 11) is 2.85. The van der Waals surface area contributed by atoms with Gasteiger partial charge < -0.3 is 38.9 Å². The molecule has 45 heavy (non-hydrogen) atoms. The van der Waals surface area contributed by atoms with Crippen LogP contribution in [0.2, 0.25) is 0 Å². The number of aliphatic hydroxyl groups is 1. The summed E-state index contributed by atoms with van der Waals surface area (Å²) in [5.41, 5.74) is 1.96. The molecule has 1 amide bonds. The Hall–Kier alpha value is -4.08. The monoisotopic (exact) mass is 620 g/mol. The Morgan fingerprint density at radius 1 is 0.889 bits per heavy atom. The van der Waals surface area contributed by atoms with Gasteiger partial charge in [-0.2, -0.15) is 0 Å². The number of amides is 1. The molecule has 1 aliphatic carbocycles. The summed E-state index contributed by atoms with van der Waals surface area (Å²) in [6.45, 7) is 1.72. The molecule has 9 heteroatoms. The number of aliphatic hydroxyl groups excluding tert-OH is 1. The first-order valence-electron chi connectivity index (χ1n) is 15.7. The average Bonchev–Trinajstić information content (AvgIpc) is 3.08. The number of esters is 1. The number of methoxy groups -OCH3 is 2. The zero-order valence-electron chi connectivity index (χ0n) is 26.3. The van der Waals surface area contributed by atoms with Gasteiger partial charge in [-0.25, -0.2) is 0 Å². The number of carbonyl (C=O) groups excluding carboxylic acids is 2. The Morgan fingerprint density at radius 3 is 2.27 bits per heavy atom. The second-order valence-electron chi connectivity index (χ2n) is 11.2. The van der Waals surface area contributed by atoms with E-state index in [-0.39, 0.29) is 23.8 Å². The summed E-state index contributed by atoms with van der Waals surface area (Å²) in [5, 5.41) is 13.3. The highest BCUT2D eigenvalue weighted by Crippen LogP contribution is 2.28. The molecule has 0 spiro atoms. The van der Waals surface area contributed by atoms with E-state index >= 15 is 0 Å². The van der Waals surface area contributed by atoms with Crippen LogP contribution in [0.1, 0.15) is 72.7 Å². The molecule has 3 N–H and O–H groups in total. The predicted molar refractivity (Wildman–Crippen MR) is 172 cm³/mol. The maximum Gasteiger partial charge on any atom is 0.485 e. The Morgan fingerprint density at radius 2 is 1.58 bits per heavy atom. The van der Waals surface area contributed by atoms with Crippen molar-refractivity contribution < 1.29 is 38.4 Å². The fourth-order valence-electron chi connectivity index (χ4n) is 5.43. The molecule has 3 unspecified atom stereocenters. The van der Waals surface area contributed by atoms with Crippen molar-refractivity contribution in [3.63, 3.8) is 0 Å². The van der Waals surface area contributed by atoms with E-state index in [1.807, 2.05) is 42.5 Å². The third-order valence-electron chi connectivity index (χ3n) is 7.93. The minimum atomic E-state index is -1.15. The molecule has 4 rings (SSSR count). The largest absolute Gasteiger partial charge is 0.494 e. The number of hydrogen-bond acceptors (Lipinski definition) is 7. The van der Waals surface area contributed by atoms with Gasteiger partial charge in [-0.3, -0.25) is 4.79 Å². The van der Waals surface area contributed by atoms with Crippen LogP contribution in [0.4, 0.5) is 0 Å². The summed E-state index contributed by atoms with van der Waals surface area (Å²) in [4.78, 5) is 23.4. The number of para-hydroxylation sites is 1. The first-order chi connectivity index (χ1) is 22.0. The van der Waals surface area contributed by atoms with Gasteiger partial charge in [-0.1, -0.05) is 42.8 Å². The molecule has 0 bridgehead atoms. The lowest BCUT2D eigenvalue weighted by Crippen LogP contribution is -2.40. The fourth-order valence-corrected chi connectivity index (χ4v) is 5.43. The number of carbonyl (C=O) groups is 1. The van der Waals surface area contributed by atoms with E-state index in [2.05, 4.69) is 17.4 Å². The molecule has 3 atom stereocenters. The fraction of sp³-hybridized carbons (Fsp3) is 0.444. The van der Waals surface area contributed by atoms with Gasteiger partial charge in [0, 0.05) is 18.7 Å². The maximum atomic E-state index is 13.4. The zero-order valence-corrected chi connectivity index (χ0v) is 26.3. The highest BCUT2D eigenvalue weighted by atomic mass is 16.6. The molecule has 3 aromatic carbocycles. The van der Waals surface area contributed by atoms with E-state index in [4.69, 9.17) is 23.7 Å². The number of ether oxygens (including phenoxy) is 5. The lowest BCUT2D eigenvalue weighted by atomic mass is 9.85. The second-order valence-corrected chi connectivity index (χ2v) is 11.2. The van der Waals surface area contributed by atoms with E-state index in [9.17, 15) is 14.7 Å². The molecule has 1 fully saturated rings. The molecule has 0 radical (unpaired) electrons. The van der Waals surface area contributed by atoms with Gasteiger partial charge in [0.1, 0.15) is 23.2 Å². The van der Waals surface area contributed by atoms with Gasteiger partial charge in [0.05, 0.1) is 25.4 Å². The summed E-state index contributed by atoms with van der Waals surface area (Å²) >= 11 is 0. The number of unbranched alkanes of at least 4 members (excludes halogenated alkanes) is 1. The summed E-state index contributed by atoms with van der Waals surface area (Å²) < 4.78 is 27.7. The van der Waals surface area contributed by atoms with Crippen LogP contribution in [0.3, 0.4) is 0 Å². The van der Waals surface area contributed by atoms with Crippen molar-refractivity contribution in [1.82, 2.24) is 5.32 Å². The topological polar surface area (TPSA) is 117 Å². The molecule has 1 aliphatic rings. The van der Waals surface area contributed by atoms with Gasteiger partial charge in [0.25, 0.3) is 5.91 Å². The van der Waals surface area contributed by atoms with Gasteiger partial charge in [0.2, 0.25) is 0 Å². The molecule has 0 heterocycles. The molecule has 0 saturated heterocycles. The first kappa shape index (κ1) is 33.8. The number of nitrogens with one attached hydrogen (secondary N) is 1. The number of aryl methyl sites for hydroxylation is 1. The van der Waals surface area contributed by atoms with Crippen molar-refractivity contribution in [2.24, 2.45) is 5.92 Å². The molecule has 3 aromatic rings. The molecular weight excluding hydrogens is 574 g/mol. The van der Waals surface area contributed by atoms with Crippen LogP contribution in [0.5, 0.6) is 17.2 Å². The Kier molecular flexibility index (Phi) is 13.5. The third-order valence-corrected chi connectivity index (χ3v) is 7.93. The van der Waals surface area contributed by atoms with Crippen molar-refractivity contribution >= 4 is 11.9 Å². The SMILES string of the molecule is COC(=[OH+])C1CCCC(NC(=O)c2cc(C(O)OC)ccc2OCCCc2ccc(OCCCCOc3ccccc3)cc2)C1. The molecule has 1 saturated carbocycles. The van der Waals surface area contributed by atoms with E-state index in [1.54, 1.807) is 18.2 Å². The summed E-state index contributed by atoms with van der Waals surface area (Å²) in [6.07, 6.45) is 5.32. The van der Waals surface area contributed by atoms with Crippen molar-refractivity contribution in [1.29, 1.82) is 0 Å². The van der Waals surface area contributed by atoms with Crippen LogP contribution in [-0.4, -0.2) is 61.9 Å².